The summed E-state index contributed by atoms with van der Waals surface area (Å²) in [7, 11) is -4.01. The number of carbonyl (C=O) groups is 1. The molecule has 1 aliphatic heterocycles. The normalized spacial score (nSPS) is 20.0. The number of morpholine rings is 1. The molecule has 144 valence electrons. The molecule has 8 heteroatoms. The van der Waals surface area contributed by atoms with Crippen LogP contribution < -0.4 is 0 Å². The van der Waals surface area contributed by atoms with Crippen LogP contribution >= 0.6 is 0 Å². The second kappa shape index (κ2) is 8.45. The zero-order valence-corrected chi connectivity index (χ0v) is 15.5. The van der Waals surface area contributed by atoms with Crippen molar-refractivity contribution in [1.82, 2.24) is 4.31 Å². The molecule has 0 atom stereocenters. The van der Waals surface area contributed by atoms with Crippen molar-refractivity contribution in [1.29, 1.82) is 0 Å². The van der Waals surface area contributed by atoms with Crippen LogP contribution in [0, 0.1) is 11.7 Å². The quantitative estimate of drug-likeness (QED) is 0.729. The van der Waals surface area contributed by atoms with E-state index in [-0.39, 0.29) is 31.9 Å². The van der Waals surface area contributed by atoms with Crippen molar-refractivity contribution in [3.63, 3.8) is 0 Å². The van der Waals surface area contributed by atoms with Crippen molar-refractivity contribution in [3.05, 3.63) is 29.6 Å². The molecule has 0 spiro atoms. The lowest BCUT2D eigenvalue weighted by molar-refractivity contribution is 0.0410. The van der Waals surface area contributed by atoms with Crippen LogP contribution in [-0.2, 0) is 19.5 Å². The van der Waals surface area contributed by atoms with Crippen LogP contribution in [0.3, 0.4) is 0 Å². The van der Waals surface area contributed by atoms with Gasteiger partial charge in [-0.1, -0.05) is 19.3 Å². The number of ether oxygens (including phenoxy) is 2. The van der Waals surface area contributed by atoms with Crippen LogP contribution in [0.4, 0.5) is 4.39 Å². The van der Waals surface area contributed by atoms with Gasteiger partial charge in [0.15, 0.2) is 0 Å². The molecule has 1 heterocycles. The summed E-state index contributed by atoms with van der Waals surface area (Å²) in [6.07, 6.45) is 5.56. The Labute approximate surface area is 153 Å². The van der Waals surface area contributed by atoms with Crippen LogP contribution in [0.25, 0.3) is 0 Å². The van der Waals surface area contributed by atoms with E-state index in [2.05, 4.69) is 0 Å². The molecule has 1 aromatic carbocycles. The topological polar surface area (TPSA) is 72.9 Å². The molecule has 0 amide bonds. The van der Waals surface area contributed by atoms with Crippen molar-refractivity contribution in [2.75, 3.05) is 32.9 Å². The highest BCUT2D eigenvalue weighted by atomic mass is 32.2. The second-order valence-electron chi connectivity index (χ2n) is 6.76. The van der Waals surface area contributed by atoms with Crippen LogP contribution in [0.5, 0.6) is 0 Å². The first kappa shape index (κ1) is 19.3. The Morgan fingerprint density at radius 2 is 1.88 bits per heavy atom. The third-order valence-electron chi connectivity index (χ3n) is 4.93. The summed E-state index contributed by atoms with van der Waals surface area (Å²) in [5.41, 5.74) is 0.0500. The van der Waals surface area contributed by atoms with Gasteiger partial charge in [0.05, 0.1) is 25.4 Å². The lowest BCUT2D eigenvalue weighted by Gasteiger charge is -2.26. The Bertz CT molecular complexity index is 740. The minimum Gasteiger partial charge on any atom is -0.462 e. The SMILES string of the molecule is O=C(OCC1CCCCC1)c1ccc(F)c(S(=O)(=O)N2CCOCC2)c1. The van der Waals surface area contributed by atoms with Crippen molar-refractivity contribution in [2.24, 2.45) is 5.92 Å². The smallest absolute Gasteiger partial charge is 0.338 e. The Morgan fingerprint density at radius 1 is 1.19 bits per heavy atom. The number of esters is 1. The monoisotopic (exact) mass is 385 g/mol. The van der Waals surface area contributed by atoms with E-state index in [0.717, 1.165) is 37.8 Å². The van der Waals surface area contributed by atoms with Gasteiger partial charge in [0.1, 0.15) is 10.7 Å². The van der Waals surface area contributed by atoms with Gasteiger partial charge < -0.3 is 9.47 Å². The lowest BCUT2D eigenvalue weighted by Crippen LogP contribution is -2.41. The lowest BCUT2D eigenvalue weighted by atomic mass is 9.90. The van der Waals surface area contributed by atoms with E-state index in [0.29, 0.717) is 12.5 Å². The minimum atomic E-state index is -4.01. The molecule has 0 N–H and O–H groups in total. The van der Waals surface area contributed by atoms with Gasteiger partial charge >= 0.3 is 5.97 Å². The third-order valence-corrected chi connectivity index (χ3v) is 6.84. The van der Waals surface area contributed by atoms with Gasteiger partial charge in [-0.2, -0.15) is 4.31 Å². The number of hydrogen-bond donors (Lipinski definition) is 0. The molecule has 0 unspecified atom stereocenters. The molecule has 0 bridgehead atoms. The van der Waals surface area contributed by atoms with Gasteiger partial charge in [-0.15, -0.1) is 0 Å². The first-order valence-corrected chi connectivity index (χ1v) is 10.5. The van der Waals surface area contributed by atoms with Gasteiger partial charge in [0, 0.05) is 13.1 Å². The fourth-order valence-electron chi connectivity index (χ4n) is 3.38. The maximum Gasteiger partial charge on any atom is 0.338 e. The van der Waals surface area contributed by atoms with E-state index >= 15 is 0 Å². The van der Waals surface area contributed by atoms with Crippen molar-refractivity contribution in [3.8, 4) is 0 Å². The molecule has 0 aromatic heterocycles. The summed E-state index contributed by atoms with van der Waals surface area (Å²) in [6, 6.07) is 3.34. The predicted molar refractivity (Wildman–Crippen MR) is 92.8 cm³/mol. The molecule has 26 heavy (non-hydrogen) atoms. The first-order valence-electron chi connectivity index (χ1n) is 9.03. The minimum absolute atomic E-state index is 0.0500. The van der Waals surface area contributed by atoms with Crippen molar-refractivity contribution < 1.29 is 27.1 Å². The summed E-state index contributed by atoms with van der Waals surface area (Å²) in [5, 5.41) is 0. The van der Waals surface area contributed by atoms with Gasteiger partial charge in [0.25, 0.3) is 0 Å². The molecular formula is C18H24FNO5S. The molecular weight excluding hydrogens is 361 g/mol. The molecule has 1 saturated heterocycles. The molecule has 1 aromatic rings. The maximum absolute atomic E-state index is 14.2. The fourth-order valence-corrected chi connectivity index (χ4v) is 4.88. The summed E-state index contributed by atoms with van der Waals surface area (Å²) < 4.78 is 51.1. The second-order valence-corrected chi connectivity index (χ2v) is 8.67. The van der Waals surface area contributed by atoms with Gasteiger partial charge in [-0.05, 0) is 37.0 Å². The van der Waals surface area contributed by atoms with Crippen molar-refractivity contribution in [2.45, 2.75) is 37.0 Å². The average Bonchev–Trinajstić information content (AvgIpc) is 2.68. The molecule has 1 saturated carbocycles. The number of halogens is 1. The van der Waals surface area contributed by atoms with E-state index in [1.54, 1.807) is 0 Å². The molecule has 2 aliphatic rings. The highest BCUT2D eigenvalue weighted by Crippen LogP contribution is 2.25. The number of carbonyl (C=O) groups excluding carboxylic acids is 1. The molecule has 2 fully saturated rings. The Morgan fingerprint density at radius 3 is 2.58 bits per heavy atom. The summed E-state index contributed by atoms with van der Waals surface area (Å²) in [6.45, 7) is 1.19. The van der Waals surface area contributed by atoms with E-state index in [4.69, 9.17) is 9.47 Å². The molecule has 3 rings (SSSR count). The van der Waals surface area contributed by atoms with E-state index in [1.807, 2.05) is 0 Å². The summed E-state index contributed by atoms with van der Waals surface area (Å²) >= 11 is 0. The van der Waals surface area contributed by atoms with Crippen LogP contribution in [0.1, 0.15) is 42.5 Å². The highest BCUT2D eigenvalue weighted by Gasteiger charge is 2.30. The van der Waals surface area contributed by atoms with Crippen LogP contribution in [0.2, 0.25) is 0 Å². The molecule has 0 radical (unpaired) electrons. The first-order chi connectivity index (χ1) is 12.5. The fraction of sp³-hybridized carbons (Fsp3) is 0.611. The third kappa shape index (κ3) is 4.42. The van der Waals surface area contributed by atoms with E-state index in [1.165, 1.54) is 16.8 Å². The number of sulfonamides is 1. The zero-order chi connectivity index (χ0) is 18.6. The average molecular weight is 385 g/mol. The van der Waals surface area contributed by atoms with Crippen LogP contribution in [-0.4, -0.2) is 51.6 Å². The predicted octanol–water partition coefficient (Wildman–Crippen LogP) is 2.58. The van der Waals surface area contributed by atoms with E-state index < -0.39 is 26.7 Å². The van der Waals surface area contributed by atoms with E-state index in [9.17, 15) is 17.6 Å². The van der Waals surface area contributed by atoms with Gasteiger partial charge in [-0.25, -0.2) is 17.6 Å². The number of hydrogen-bond acceptors (Lipinski definition) is 5. The Kier molecular flexibility index (Phi) is 6.26. The number of benzene rings is 1. The Balaban J connectivity index is 1.73. The van der Waals surface area contributed by atoms with Gasteiger partial charge in [-0.3, -0.25) is 0 Å². The van der Waals surface area contributed by atoms with Gasteiger partial charge in [0.2, 0.25) is 10.0 Å². The zero-order valence-electron chi connectivity index (χ0n) is 14.7. The standard InChI is InChI=1S/C18H24FNO5S/c19-16-7-6-15(18(21)25-13-14-4-2-1-3-5-14)12-17(16)26(22,23)20-8-10-24-11-9-20/h6-7,12,14H,1-5,8-11,13H2. The highest BCUT2D eigenvalue weighted by molar-refractivity contribution is 7.89. The maximum atomic E-state index is 14.2. The number of nitrogens with zero attached hydrogens (tertiary/aromatic N) is 1. The summed E-state index contributed by atoms with van der Waals surface area (Å²) in [5.74, 6) is -1.14. The largest absolute Gasteiger partial charge is 0.462 e. The van der Waals surface area contributed by atoms with Crippen molar-refractivity contribution >= 4 is 16.0 Å². The number of rotatable bonds is 5. The van der Waals surface area contributed by atoms with Crippen LogP contribution in [0.15, 0.2) is 23.1 Å². The summed E-state index contributed by atoms with van der Waals surface area (Å²) in [4.78, 5) is 11.8. The molecule has 1 aliphatic carbocycles. The molecule has 6 nitrogen and oxygen atoms in total. The Hall–Kier alpha value is -1.51.